The summed E-state index contributed by atoms with van der Waals surface area (Å²) in [5, 5.41) is 12.3. The molecule has 2 atom stereocenters. The Morgan fingerprint density at radius 2 is 1.83 bits per heavy atom. The number of nitrogens with one attached hydrogen (secondary N) is 1. The first kappa shape index (κ1) is 19.8. The van der Waals surface area contributed by atoms with Crippen molar-refractivity contribution in [2.75, 3.05) is 32.6 Å². The van der Waals surface area contributed by atoms with Gasteiger partial charge in [0, 0.05) is 49.4 Å². The highest BCUT2D eigenvalue weighted by Gasteiger charge is 2.36. The van der Waals surface area contributed by atoms with Crippen LogP contribution in [-0.2, 0) is 6.54 Å². The van der Waals surface area contributed by atoms with Crippen molar-refractivity contribution < 1.29 is 24.2 Å². The summed E-state index contributed by atoms with van der Waals surface area (Å²) in [4.78, 5) is 38.5. The summed E-state index contributed by atoms with van der Waals surface area (Å²) < 4.78 is 12.2. The molecule has 9 nitrogen and oxygen atoms in total. The number of nitrogens with zero attached hydrogens (tertiary/aromatic N) is 2. The van der Waals surface area contributed by atoms with Gasteiger partial charge in [0.2, 0.25) is 0 Å². The predicted octanol–water partition coefficient (Wildman–Crippen LogP) is 2.21. The Hall–Kier alpha value is -3.49. The van der Waals surface area contributed by atoms with E-state index in [1.807, 2.05) is 6.07 Å². The highest BCUT2D eigenvalue weighted by Crippen LogP contribution is 2.36. The fourth-order valence-corrected chi connectivity index (χ4v) is 4.42. The summed E-state index contributed by atoms with van der Waals surface area (Å²) in [5.74, 6) is -0.355. The number of fused-ring (bicyclic) bond motifs is 4. The van der Waals surface area contributed by atoms with Crippen molar-refractivity contribution in [1.29, 1.82) is 0 Å². The van der Waals surface area contributed by atoms with Crippen LogP contribution in [0.3, 0.4) is 0 Å². The van der Waals surface area contributed by atoms with Gasteiger partial charge in [-0.1, -0.05) is 6.07 Å². The highest BCUT2D eigenvalue weighted by molar-refractivity contribution is 6.01. The molecule has 0 aliphatic carbocycles. The number of carbonyl (C=O) groups excluding carboxylic acids is 1. The number of hydrogen-bond acceptors (Lipinski definition) is 5. The van der Waals surface area contributed by atoms with Crippen molar-refractivity contribution in [2.24, 2.45) is 5.92 Å². The van der Waals surface area contributed by atoms with Crippen molar-refractivity contribution in [2.45, 2.75) is 18.9 Å². The minimum absolute atomic E-state index is 0.0171. The second-order valence-electron chi connectivity index (χ2n) is 7.59. The summed E-state index contributed by atoms with van der Waals surface area (Å²) in [6, 6.07) is 7.62. The lowest BCUT2D eigenvalue weighted by molar-refractivity contribution is 0.0697. The quantitative estimate of drug-likeness (QED) is 0.795. The molecule has 0 saturated carbocycles. The lowest BCUT2D eigenvalue weighted by atomic mass is 9.83. The number of urea groups is 1. The van der Waals surface area contributed by atoms with Crippen molar-refractivity contribution in [1.82, 2.24) is 9.47 Å². The molecule has 1 saturated heterocycles. The Morgan fingerprint density at radius 1 is 1.10 bits per heavy atom. The number of rotatable bonds is 4. The Bertz CT molecular complexity index is 1060. The average molecular weight is 413 g/mol. The zero-order valence-electron chi connectivity index (χ0n) is 16.8. The Balaban J connectivity index is 1.58. The molecule has 4 rings (SSSR count). The summed E-state index contributed by atoms with van der Waals surface area (Å²) in [6.07, 6.45) is 0.921. The van der Waals surface area contributed by atoms with Crippen LogP contribution in [0.1, 0.15) is 28.4 Å². The summed E-state index contributed by atoms with van der Waals surface area (Å²) in [5.41, 5.74) is 0.970. The maximum atomic E-state index is 13.0. The molecular weight excluding hydrogens is 390 g/mol. The molecule has 2 aliphatic rings. The number of benzene rings is 1. The van der Waals surface area contributed by atoms with Crippen LogP contribution in [0, 0.1) is 5.92 Å². The van der Waals surface area contributed by atoms with Crippen molar-refractivity contribution in [3.63, 3.8) is 0 Å². The van der Waals surface area contributed by atoms with E-state index in [2.05, 4.69) is 5.32 Å². The maximum absolute atomic E-state index is 13.0. The van der Waals surface area contributed by atoms with Gasteiger partial charge in [0.15, 0.2) is 11.5 Å². The minimum Gasteiger partial charge on any atom is -0.493 e. The molecule has 2 amide bonds. The minimum atomic E-state index is -1.19. The van der Waals surface area contributed by atoms with E-state index in [-0.39, 0.29) is 40.4 Å². The molecular formula is C21H23N3O6. The third kappa shape index (κ3) is 3.47. The number of pyridine rings is 1. The normalized spacial score (nSPS) is 19.6. The monoisotopic (exact) mass is 413 g/mol. The Kier molecular flexibility index (Phi) is 5.11. The van der Waals surface area contributed by atoms with Gasteiger partial charge in [-0.05, 0) is 18.4 Å². The largest absolute Gasteiger partial charge is 0.493 e. The van der Waals surface area contributed by atoms with Gasteiger partial charge in [-0.25, -0.2) is 9.59 Å². The number of carbonyl (C=O) groups is 2. The number of amides is 2. The number of methoxy groups -OCH3 is 2. The first-order valence-corrected chi connectivity index (χ1v) is 9.66. The van der Waals surface area contributed by atoms with E-state index in [1.165, 1.54) is 26.4 Å². The number of piperidine rings is 1. The van der Waals surface area contributed by atoms with Crippen LogP contribution in [0.5, 0.6) is 11.5 Å². The average Bonchev–Trinajstić information content (AvgIpc) is 2.73. The molecule has 30 heavy (non-hydrogen) atoms. The first-order chi connectivity index (χ1) is 14.4. The number of aromatic carboxylic acids is 1. The lowest BCUT2D eigenvalue weighted by Crippen LogP contribution is -2.50. The van der Waals surface area contributed by atoms with E-state index in [1.54, 1.807) is 21.6 Å². The zero-order chi connectivity index (χ0) is 21.4. The number of aromatic nitrogens is 1. The van der Waals surface area contributed by atoms with Crippen LogP contribution in [0.4, 0.5) is 10.5 Å². The van der Waals surface area contributed by atoms with Crippen LogP contribution >= 0.6 is 0 Å². The van der Waals surface area contributed by atoms with Crippen molar-refractivity contribution in [3.05, 3.63) is 51.9 Å². The van der Waals surface area contributed by atoms with Gasteiger partial charge in [0.1, 0.15) is 0 Å². The van der Waals surface area contributed by atoms with Crippen LogP contribution in [-0.4, -0.2) is 53.9 Å². The molecule has 0 spiro atoms. The number of likely N-dealkylation sites (tertiary alicyclic amines) is 1. The third-order valence-corrected chi connectivity index (χ3v) is 5.76. The highest BCUT2D eigenvalue weighted by atomic mass is 16.5. The van der Waals surface area contributed by atoms with E-state index < -0.39 is 5.97 Å². The fraction of sp³-hybridized carbons (Fsp3) is 0.381. The van der Waals surface area contributed by atoms with Crippen LogP contribution < -0.4 is 20.3 Å². The van der Waals surface area contributed by atoms with Gasteiger partial charge < -0.3 is 29.4 Å². The number of carboxylic acid groups (broad SMARTS) is 1. The van der Waals surface area contributed by atoms with Gasteiger partial charge in [-0.15, -0.1) is 0 Å². The molecule has 2 aromatic rings. The SMILES string of the molecule is COc1cc(NC(=O)N2C[C@@H]3C[C@@H](C2)c2cccc(=O)n2C3)c(C(=O)O)cc1OC. The Morgan fingerprint density at radius 3 is 2.53 bits per heavy atom. The predicted molar refractivity (Wildman–Crippen MR) is 109 cm³/mol. The molecule has 0 unspecified atom stereocenters. The van der Waals surface area contributed by atoms with E-state index in [9.17, 15) is 19.5 Å². The van der Waals surface area contributed by atoms with E-state index in [0.717, 1.165) is 12.1 Å². The fourth-order valence-electron chi connectivity index (χ4n) is 4.42. The molecule has 1 aromatic heterocycles. The van der Waals surface area contributed by atoms with Gasteiger partial charge in [0.05, 0.1) is 25.5 Å². The van der Waals surface area contributed by atoms with E-state index in [0.29, 0.717) is 25.4 Å². The molecule has 1 fully saturated rings. The lowest BCUT2D eigenvalue weighted by Gasteiger charge is -2.42. The number of hydrogen-bond donors (Lipinski definition) is 2. The number of ether oxygens (including phenoxy) is 2. The van der Waals surface area contributed by atoms with Gasteiger partial charge >= 0.3 is 12.0 Å². The topological polar surface area (TPSA) is 110 Å². The first-order valence-electron chi connectivity index (χ1n) is 9.66. The summed E-state index contributed by atoms with van der Waals surface area (Å²) in [7, 11) is 2.85. The smallest absolute Gasteiger partial charge is 0.337 e. The molecule has 158 valence electrons. The van der Waals surface area contributed by atoms with E-state index >= 15 is 0 Å². The second kappa shape index (κ2) is 7.74. The number of carboxylic acids is 1. The van der Waals surface area contributed by atoms with Crippen molar-refractivity contribution in [3.8, 4) is 11.5 Å². The molecule has 3 heterocycles. The van der Waals surface area contributed by atoms with Crippen LogP contribution in [0.25, 0.3) is 0 Å². The molecule has 0 radical (unpaired) electrons. The van der Waals surface area contributed by atoms with Crippen LogP contribution in [0.15, 0.2) is 35.1 Å². The maximum Gasteiger partial charge on any atom is 0.337 e. The van der Waals surface area contributed by atoms with Crippen molar-refractivity contribution >= 4 is 17.7 Å². The summed E-state index contributed by atoms with van der Waals surface area (Å²) in [6.45, 7) is 1.53. The van der Waals surface area contributed by atoms with Gasteiger partial charge in [-0.3, -0.25) is 4.79 Å². The molecule has 9 heteroatoms. The number of anilines is 1. The molecule has 2 N–H and O–H groups in total. The Labute approximate surface area is 172 Å². The zero-order valence-corrected chi connectivity index (χ0v) is 16.8. The van der Waals surface area contributed by atoms with Gasteiger partial charge in [0.25, 0.3) is 5.56 Å². The molecule has 1 aromatic carbocycles. The summed E-state index contributed by atoms with van der Waals surface area (Å²) >= 11 is 0. The van der Waals surface area contributed by atoms with Crippen LogP contribution in [0.2, 0.25) is 0 Å². The third-order valence-electron chi connectivity index (χ3n) is 5.76. The van der Waals surface area contributed by atoms with E-state index in [4.69, 9.17) is 9.47 Å². The van der Waals surface area contributed by atoms with Gasteiger partial charge in [-0.2, -0.15) is 0 Å². The molecule has 2 bridgehead atoms. The second-order valence-corrected chi connectivity index (χ2v) is 7.59. The standard InChI is InChI=1S/C21H23N3O6/c1-29-17-7-14(20(26)27)15(8-18(17)30-2)22-21(28)23-9-12-6-13(11-23)16-4-3-5-19(25)24(16)10-12/h3-5,7-8,12-13H,6,9-11H2,1-2H3,(H,22,28)(H,26,27)/t12-,13-/m0/s1. The molecule has 2 aliphatic heterocycles.